The molecule has 2 aromatic heterocycles. The number of methoxy groups -OCH3 is 2. The Balaban J connectivity index is 2.07. The smallest absolute Gasteiger partial charge is 0.231 e. The first-order chi connectivity index (χ1) is 10.6. The molecule has 5 nitrogen and oxygen atoms in total. The molecule has 2 heterocycles. The lowest BCUT2D eigenvalue weighted by Gasteiger charge is -2.10. The minimum absolute atomic E-state index is 0.544. The van der Waals surface area contributed by atoms with Crippen LogP contribution < -0.4 is 14.2 Å². The number of hydrogen-bond acceptors (Lipinski definition) is 6. The van der Waals surface area contributed by atoms with Crippen molar-refractivity contribution in [2.24, 2.45) is 0 Å². The number of aryl methyl sites for hydroxylation is 2. The predicted octanol–water partition coefficient (Wildman–Crippen LogP) is 4.12. The molecule has 0 radical (unpaired) electrons. The molecule has 0 N–H and O–H groups in total. The van der Waals surface area contributed by atoms with Crippen LogP contribution in [-0.4, -0.2) is 24.2 Å². The highest BCUT2D eigenvalue weighted by Gasteiger charge is 2.14. The Kier molecular flexibility index (Phi) is 3.85. The predicted molar refractivity (Wildman–Crippen MR) is 86.5 cm³/mol. The van der Waals surface area contributed by atoms with Gasteiger partial charge in [-0.2, -0.15) is 0 Å². The summed E-state index contributed by atoms with van der Waals surface area (Å²) in [4.78, 5) is 10.7. The molecule has 0 spiro atoms. The largest absolute Gasteiger partial charge is 0.496 e. The van der Waals surface area contributed by atoms with Crippen LogP contribution in [0.5, 0.6) is 23.1 Å². The van der Waals surface area contributed by atoms with Crippen LogP contribution in [0.15, 0.2) is 24.5 Å². The summed E-state index contributed by atoms with van der Waals surface area (Å²) in [6, 6.07) is 5.39. The lowest BCUT2D eigenvalue weighted by molar-refractivity contribution is 0.385. The van der Waals surface area contributed by atoms with Gasteiger partial charge < -0.3 is 14.2 Å². The topological polar surface area (TPSA) is 53.5 Å². The van der Waals surface area contributed by atoms with Crippen LogP contribution in [0.4, 0.5) is 0 Å². The van der Waals surface area contributed by atoms with Gasteiger partial charge >= 0.3 is 0 Å². The number of rotatable bonds is 4. The highest BCUT2D eigenvalue weighted by molar-refractivity contribution is 7.18. The second-order valence-electron chi connectivity index (χ2n) is 4.79. The molecule has 0 amide bonds. The number of aromatic nitrogens is 2. The van der Waals surface area contributed by atoms with E-state index in [-0.39, 0.29) is 0 Å². The quantitative estimate of drug-likeness (QED) is 0.725. The molecule has 0 fully saturated rings. The summed E-state index contributed by atoms with van der Waals surface area (Å²) in [6.07, 6.45) is 1.52. The number of hydrogen-bond donors (Lipinski definition) is 0. The van der Waals surface area contributed by atoms with Gasteiger partial charge in [0.15, 0.2) is 0 Å². The van der Waals surface area contributed by atoms with E-state index in [1.54, 1.807) is 43.8 Å². The minimum atomic E-state index is 0.544. The van der Waals surface area contributed by atoms with Gasteiger partial charge in [-0.25, -0.2) is 9.97 Å². The van der Waals surface area contributed by atoms with Crippen molar-refractivity contribution in [3.63, 3.8) is 0 Å². The molecule has 0 atom stereocenters. The third kappa shape index (κ3) is 2.57. The molecule has 3 rings (SSSR count). The molecular formula is C16H16N2O3S. The molecule has 0 aliphatic carbocycles. The number of ether oxygens (including phenoxy) is 3. The number of benzene rings is 1. The van der Waals surface area contributed by atoms with Gasteiger partial charge in [0.05, 0.1) is 19.6 Å². The van der Waals surface area contributed by atoms with Crippen molar-refractivity contribution >= 4 is 21.6 Å². The van der Waals surface area contributed by atoms with Gasteiger partial charge in [0.2, 0.25) is 5.88 Å². The van der Waals surface area contributed by atoms with Crippen molar-refractivity contribution in [1.82, 2.24) is 9.97 Å². The fourth-order valence-electron chi connectivity index (χ4n) is 2.18. The van der Waals surface area contributed by atoms with E-state index in [0.29, 0.717) is 23.1 Å². The third-order valence-corrected chi connectivity index (χ3v) is 4.59. The second-order valence-corrected chi connectivity index (χ2v) is 6.00. The Morgan fingerprint density at radius 2 is 1.55 bits per heavy atom. The van der Waals surface area contributed by atoms with Gasteiger partial charge in [-0.15, -0.1) is 11.3 Å². The van der Waals surface area contributed by atoms with Crippen molar-refractivity contribution in [1.29, 1.82) is 0 Å². The van der Waals surface area contributed by atoms with E-state index >= 15 is 0 Å². The molecule has 0 saturated carbocycles. The molecule has 22 heavy (non-hydrogen) atoms. The summed E-state index contributed by atoms with van der Waals surface area (Å²) in [5.74, 6) is 2.48. The van der Waals surface area contributed by atoms with E-state index in [4.69, 9.17) is 14.2 Å². The van der Waals surface area contributed by atoms with Gasteiger partial charge in [-0.05, 0) is 19.4 Å². The van der Waals surface area contributed by atoms with Crippen molar-refractivity contribution in [3.05, 3.63) is 35.0 Å². The maximum absolute atomic E-state index is 5.97. The lowest BCUT2D eigenvalue weighted by Crippen LogP contribution is -1.93. The lowest BCUT2D eigenvalue weighted by atomic mass is 10.2. The molecule has 0 bridgehead atoms. The number of thiophene rings is 1. The maximum Gasteiger partial charge on any atom is 0.231 e. The Hall–Kier alpha value is -2.34. The van der Waals surface area contributed by atoms with E-state index in [9.17, 15) is 0 Å². The van der Waals surface area contributed by atoms with Gasteiger partial charge in [-0.3, -0.25) is 0 Å². The molecular weight excluding hydrogens is 300 g/mol. The third-order valence-electron chi connectivity index (χ3n) is 3.47. The summed E-state index contributed by atoms with van der Waals surface area (Å²) < 4.78 is 16.5. The van der Waals surface area contributed by atoms with Gasteiger partial charge in [0, 0.05) is 23.1 Å². The Bertz CT molecular complexity index is 807. The van der Waals surface area contributed by atoms with Crippen molar-refractivity contribution < 1.29 is 14.2 Å². The van der Waals surface area contributed by atoms with E-state index in [1.165, 1.54) is 11.2 Å². The second kappa shape index (κ2) is 5.81. The van der Waals surface area contributed by atoms with E-state index < -0.39 is 0 Å². The van der Waals surface area contributed by atoms with Crippen LogP contribution in [0, 0.1) is 13.8 Å². The molecule has 0 aliphatic heterocycles. The first kappa shape index (κ1) is 14.6. The molecule has 3 aromatic rings. The summed E-state index contributed by atoms with van der Waals surface area (Å²) >= 11 is 1.64. The summed E-state index contributed by atoms with van der Waals surface area (Å²) in [5.41, 5.74) is 1.14. The summed E-state index contributed by atoms with van der Waals surface area (Å²) in [6.45, 7) is 4.12. The monoisotopic (exact) mass is 316 g/mol. The normalized spacial score (nSPS) is 10.7. The van der Waals surface area contributed by atoms with Crippen LogP contribution in [-0.2, 0) is 0 Å². The molecule has 0 aliphatic rings. The van der Waals surface area contributed by atoms with E-state index in [1.807, 2.05) is 0 Å². The molecule has 0 saturated heterocycles. The average Bonchev–Trinajstić information content (AvgIpc) is 2.82. The van der Waals surface area contributed by atoms with E-state index in [2.05, 4.69) is 23.8 Å². The zero-order valence-corrected chi connectivity index (χ0v) is 13.7. The maximum atomic E-state index is 5.97. The highest BCUT2D eigenvalue weighted by Crippen LogP contribution is 2.37. The first-order valence-corrected chi connectivity index (χ1v) is 7.55. The van der Waals surface area contributed by atoms with E-state index in [0.717, 1.165) is 15.8 Å². The fourth-order valence-corrected chi connectivity index (χ4v) is 3.17. The van der Waals surface area contributed by atoms with Gasteiger partial charge in [-0.1, -0.05) is 0 Å². The SMILES string of the molecule is COc1cc(OC)cc(Oc2ncnc3sc(C)c(C)c23)c1. The van der Waals surface area contributed by atoms with Crippen molar-refractivity contribution in [2.45, 2.75) is 13.8 Å². The Morgan fingerprint density at radius 1 is 0.909 bits per heavy atom. The summed E-state index contributed by atoms with van der Waals surface area (Å²) in [7, 11) is 3.21. The fraction of sp³-hybridized carbons (Fsp3) is 0.250. The van der Waals surface area contributed by atoms with Crippen molar-refractivity contribution in [2.75, 3.05) is 14.2 Å². The standard InChI is InChI=1S/C16H16N2O3S/c1-9-10(2)22-16-14(9)15(17-8-18-16)21-13-6-11(19-3)5-12(7-13)20-4/h5-8H,1-4H3. The van der Waals surface area contributed by atoms with Crippen molar-refractivity contribution in [3.8, 4) is 23.1 Å². The first-order valence-electron chi connectivity index (χ1n) is 6.74. The Morgan fingerprint density at radius 3 is 2.18 bits per heavy atom. The number of nitrogens with zero attached hydrogens (tertiary/aromatic N) is 2. The molecule has 114 valence electrons. The summed E-state index contributed by atoms with van der Waals surface area (Å²) in [5, 5.41) is 0.951. The van der Waals surface area contributed by atoms with Gasteiger partial charge in [0.25, 0.3) is 0 Å². The average molecular weight is 316 g/mol. The number of fused-ring (bicyclic) bond motifs is 1. The van der Waals surface area contributed by atoms with Crippen LogP contribution >= 0.6 is 11.3 Å². The van der Waals surface area contributed by atoms with Crippen LogP contribution in [0.3, 0.4) is 0 Å². The van der Waals surface area contributed by atoms with Crippen LogP contribution in [0.2, 0.25) is 0 Å². The molecule has 0 unspecified atom stereocenters. The minimum Gasteiger partial charge on any atom is -0.496 e. The zero-order chi connectivity index (χ0) is 15.7. The molecule has 6 heteroatoms. The van der Waals surface area contributed by atoms with Gasteiger partial charge in [0.1, 0.15) is 28.4 Å². The van der Waals surface area contributed by atoms with Crippen LogP contribution in [0.1, 0.15) is 10.4 Å². The highest BCUT2D eigenvalue weighted by atomic mass is 32.1. The molecule has 1 aromatic carbocycles. The zero-order valence-electron chi connectivity index (χ0n) is 12.8. The Labute approximate surface area is 132 Å². The van der Waals surface area contributed by atoms with Crippen LogP contribution in [0.25, 0.3) is 10.2 Å².